The highest BCUT2D eigenvalue weighted by Gasteiger charge is 2.33. The van der Waals surface area contributed by atoms with E-state index < -0.39 is 21.6 Å². The van der Waals surface area contributed by atoms with Crippen LogP contribution in [0.4, 0.5) is 10.2 Å². The van der Waals surface area contributed by atoms with Crippen molar-refractivity contribution in [1.29, 1.82) is 0 Å². The van der Waals surface area contributed by atoms with Crippen molar-refractivity contribution in [2.45, 2.75) is 31.3 Å². The normalized spacial score (nSPS) is 14.3. The second kappa shape index (κ2) is 8.50. The number of nitrogens with one attached hydrogen (secondary N) is 1. The average Bonchev–Trinajstić information content (AvgIpc) is 3.21. The van der Waals surface area contributed by atoms with Gasteiger partial charge in [-0.1, -0.05) is 13.3 Å². The van der Waals surface area contributed by atoms with Gasteiger partial charge in [-0.25, -0.2) is 17.5 Å². The number of hydrogen-bond acceptors (Lipinski definition) is 5. The molecule has 0 aliphatic carbocycles. The van der Waals surface area contributed by atoms with Crippen molar-refractivity contribution in [1.82, 2.24) is 9.78 Å². The van der Waals surface area contributed by atoms with Crippen molar-refractivity contribution in [2.75, 3.05) is 11.9 Å². The highest BCUT2D eigenvalue weighted by molar-refractivity contribution is 7.90. The van der Waals surface area contributed by atoms with Crippen LogP contribution in [0, 0.1) is 5.82 Å². The topological polar surface area (TPSA) is 90.3 Å². The van der Waals surface area contributed by atoms with E-state index in [4.69, 9.17) is 4.74 Å². The van der Waals surface area contributed by atoms with Crippen molar-refractivity contribution in [3.63, 3.8) is 0 Å². The summed E-state index contributed by atoms with van der Waals surface area (Å²) in [5, 5.41) is 7.16. The molecule has 162 valence electrons. The molecular formula is C22H22FN3O4S. The Bertz CT molecular complexity index is 1200. The highest BCUT2D eigenvalue weighted by atomic mass is 32.2. The summed E-state index contributed by atoms with van der Waals surface area (Å²) in [5.74, 6) is -0.260. The average molecular weight is 444 g/mol. The Morgan fingerprint density at radius 1 is 1.13 bits per heavy atom. The number of anilines is 1. The number of fused-ring (bicyclic) bond motifs is 1. The number of ether oxygens (including phenoxy) is 1. The summed E-state index contributed by atoms with van der Waals surface area (Å²) in [6.45, 7) is 2.69. The van der Waals surface area contributed by atoms with Crippen molar-refractivity contribution in [3.05, 3.63) is 71.2 Å². The SMILES string of the molecule is CCCCOc1ccc(C(=O)Nc2c3c(nn2-c2ccc(F)cc2)CS(=O)(=O)C3)cc1. The van der Waals surface area contributed by atoms with Crippen molar-refractivity contribution >= 4 is 21.6 Å². The second-order valence-corrected chi connectivity index (χ2v) is 9.44. The Hall–Kier alpha value is -3.20. The van der Waals surface area contributed by atoms with Gasteiger partial charge in [-0.3, -0.25) is 4.79 Å². The maximum Gasteiger partial charge on any atom is 0.256 e. The molecule has 1 amide bonds. The van der Waals surface area contributed by atoms with Gasteiger partial charge in [0.25, 0.3) is 5.91 Å². The Balaban J connectivity index is 1.61. The molecule has 0 bridgehead atoms. The molecule has 2 heterocycles. The second-order valence-electron chi connectivity index (χ2n) is 7.37. The van der Waals surface area contributed by atoms with Crippen LogP contribution in [-0.2, 0) is 21.3 Å². The van der Waals surface area contributed by atoms with E-state index in [1.807, 2.05) is 0 Å². The summed E-state index contributed by atoms with van der Waals surface area (Å²) < 4.78 is 44.5. The standard InChI is InChI=1S/C22H22FN3O4S/c1-2-3-12-30-18-10-4-15(5-11-18)22(27)24-21-19-13-31(28,29)14-20(19)25-26(21)17-8-6-16(23)7-9-17/h4-11H,2-3,12-14H2,1H3,(H,24,27). The van der Waals surface area contributed by atoms with E-state index in [9.17, 15) is 17.6 Å². The Labute approximate surface area is 179 Å². The molecule has 7 nitrogen and oxygen atoms in total. The van der Waals surface area contributed by atoms with Gasteiger partial charge in [0.05, 0.1) is 29.5 Å². The Kier molecular flexibility index (Phi) is 5.77. The molecule has 4 rings (SSSR count). The molecule has 0 saturated carbocycles. The molecule has 1 aromatic heterocycles. The number of rotatable bonds is 7. The zero-order valence-corrected chi connectivity index (χ0v) is 17.8. The summed E-state index contributed by atoms with van der Waals surface area (Å²) >= 11 is 0. The molecule has 3 aromatic rings. The number of aromatic nitrogens is 2. The fourth-order valence-electron chi connectivity index (χ4n) is 3.36. The predicted octanol–water partition coefficient (Wildman–Crippen LogP) is 3.87. The fourth-order valence-corrected chi connectivity index (χ4v) is 4.85. The summed E-state index contributed by atoms with van der Waals surface area (Å²) in [6.07, 6.45) is 1.98. The first-order valence-electron chi connectivity index (χ1n) is 9.97. The van der Waals surface area contributed by atoms with E-state index in [-0.39, 0.29) is 17.3 Å². The first-order chi connectivity index (χ1) is 14.9. The summed E-state index contributed by atoms with van der Waals surface area (Å²) in [4.78, 5) is 12.9. The number of halogens is 1. The number of nitrogens with zero attached hydrogens (tertiary/aromatic N) is 2. The van der Waals surface area contributed by atoms with E-state index in [0.717, 1.165) is 12.8 Å². The van der Waals surface area contributed by atoms with Gasteiger partial charge in [0, 0.05) is 11.1 Å². The molecule has 1 aliphatic heterocycles. The van der Waals surface area contributed by atoms with E-state index in [2.05, 4.69) is 17.3 Å². The maximum atomic E-state index is 13.3. The van der Waals surface area contributed by atoms with Crippen molar-refractivity contribution < 1.29 is 22.3 Å². The van der Waals surface area contributed by atoms with Gasteiger partial charge in [-0.2, -0.15) is 5.10 Å². The van der Waals surface area contributed by atoms with Crippen LogP contribution in [0.15, 0.2) is 48.5 Å². The maximum absolute atomic E-state index is 13.3. The van der Waals surface area contributed by atoms with E-state index >= 15 is 0 Å². The lowest BCUT2D eigenvalue weighted by molar-refractivity contribution is 0.102. The third-order valence-corrected chi connectivity index (χ3v) is 6.42. The molecule has 0 saturated heterocycles. The lowest BCUT2D eigenvalue weighted by atomic mass is 10.2. The summed E-state index contributed by atoms with van der Waals surface area (Å²) in [5.41, 5.74) is 1.75. The zero-order chi connectivity index (χ0) is 22.0. The zero-order valence-electron chi connectivity index (χ0n) is 17.0. The third kappa shape index (κ3) is 4.61. The van der Waals surface area contributed by atoms with Crippen LogP contribution >= 0.6 is 0 Å². The Morgan fingerprint density at radius 3 is 2.52 bits per heavy atom. The van der Waals surface area contributed by atoms with Gasteiger partial charge >= 0.3 is 0 Å². The molecule has 0 spiro atoms. The number of benzene rings is 2. The lowest BCUT2D eigenvalue weighted by Gasteiger charge is -2.12. The van der Waals surface area contributed by atoms with E-state index in [0.29, 0.717) is 34.9 Å². The number of unbranched alkanes of at least 4 members (excludes halogenated alkanes) is 1. The number of carbonyl (C=O) groups is 1. The highest BCUT2D eigenvalue weighted by Crippen LogP contribution is 2.33. The predicted molar refractivity (Wildman–Crippen MR) is 115 cm³/mol. The van der Waals surface area contributed by atoms with Crippen LogP contribution in [0.3, 0.4) is 0 Å². The van der Waals surface area contributed by atoms with Crippen LogP contribution in [0.25, 0.3) is 5.69 Å². The monoisotopic (exact) mass is 443 g/mol. The molecule has 31 heavy (non-hydrogen) atoms. The van der Waals surface area contributed by atoms with E-state index in [1.165, 1.54) is 28.9 Å². The number of amides is 1. The minimum atomic E-state index is -3.31. The van der Waals surface area contributed by atoms with Gasteiger partial charge in [-0.05, 0) is 55.0 Å². The smallest absolute Gasteiger partial charge is 0.256 e. The van der Waals surface area contributed by atoms with E-state index in [1.54, 1.807) is 24.3 Å². The van der Waals surface area contributed by atoms with Crippen molar-refractivity contribution in [2.24, 2.45) is 0 Å². The van der Waals surface area contributed by atoms with Crippen LogP contribution in [0.2, 0.25) is 0 Å². The number of carbonyl (C=O) groups excluding carboxylic acids is 1. The van der Waals surface area contributed by atoms with Gasteiger partial charge in [0.1, 0.15) is 17.4 Å². The van der Waals surface area contributed by atoms with Crippen LogP contribution in [0.5, 0.6) is 5.75 Å². The van der Waals surface area contributed by atoms with Crippen molar-refractivity contribution in [3.8, 4) is 11.4 Å². The molecule has 1 N–H and O–H groups in total. The lowest BCUT2D eigenvalue weighted by Crippen LogP contribution is -2.17. The third-order valence-electron chi connectivity index (χ3n) is 4.97. The minimum absolute atomic E-state index is 0.191. The fraction of sp³-hybridized carbons (Fsp3) is 0.273. The molecule has 9 heteroatoms. The number of hydrogen-bond donors (Lipinski definition) is 1. The molecule has 0 atom stereocenters. The van der Waals surface area contributed by atoms with Gasteiger partial charge in [-0.15, -0.1) is 0 Å². The molecule has 0 unspecified atom stereocenters. The van der Waals surface area contributed by atoms with Crippen LogP contribution in [-0.4, -0.2) is 30.7 Å². The van der Waals surface area contributed by atoms with Gasteiger partial charge in [0.2, 0.25) is 0 Å². The molecule has 1 aliphatic rings. The first-order valence-corrected chi connectivity index (χ1v) is 11.8. The summed E-state index contributed by atoms with van der Waals surface area (Å²) in [7, 11) is -3.31. The largest absolute Gasteiger partial charge is 0.494 e. The summed E-state index contributed by atoms with van der Waals surface area (Å²) in [6, 6.07) is 12.3. The molecule has 0 radical (unpaired) electrons. The number of sulfone groups is 1. The molecule has 2 aromatic carbocycles. The van der Waals surface area contributed by atoms with Gasteiger partial charge in [0.15, 0.2) is 9.84 Å². The molecule has 0 fully saturated rings. The Morgan fingerprint density at radius 2 is 1.84 bits per heavy atom. The first kappa shape index (κ1) is 21.0. The van der Waals surface area contributed by atoms with Gasteiger partial charge < -0.3 is 10.1 Å². The quantitative estimate of drug-likeness (QED) is 0.560. The van der Waals surface area contributed by atoms with Crippen LogP contribution < -0.4 is 10.1 Å². The minimum Gasteiger partial charge on any atom is -0.494 e. The molecular weight excluding hydrogens is 421 g/mol. The van der Waals surface area contributed by atoms with Crippen LogP contribution in [0.1, 0.15) is 41.4 Å².